The summed E-state index contributed by atoms with van der Waals surface area (Å²) in [5, 5.41) is 14.5. The maximum absolute atomic E-state index is 11.9. The zero-order chi connectivity index (χ0) is 20.1. The molecule has 3 rings (SSSR count). The van der Waals surface area contributed by atoms with Crippen LogP contribution in [0, 0.1) is 11.8 Å². The molecule has 0 aliphatic carbocycles. The number of ether oxygens (including phenoxy) is 2. The van der Waals surface area contributed by atoms with E-state index in [4.69, 9.17) is 14.6 Å². The number of hydrogen-bond acceptors (Lipinski definition) is 5. The monoisotopic (exact) mass is 388 g/mol. The quantitative estimate of drug-likeness (QED) is 0.543. The Kier molecular flexibility index (Phi) is 6.67. The predicted octanol–water partition coefficient (Wildman–Crippen LogP) is 3.58. The van der Waals surface area contributed by atoms with E-state index in [1.807, 2.05) is 25.3 Å². The van der Waals surface area contributed by atoms with Crippen LogP contribution in [0.5, 0.6) is 0 Å². The molecule has 2 saturated heterocycles. The van der Waals surface area contributed by atoms with Crippen LogP contribution in [-0.2, 0) is 15.9 Å². The molecule has 0 spiro atoms. The molecule has 152 valence electrons. The Labute approximate surface area is 165 Å². The molecule has 1 amide bonds. The van der Waals surface area contributed by atoms with Crippen LogP contribution in [0.2, 0.25) is 0 Å². The first-order chi connectivity index (χ1) is 13.5. The van der Waals surface area contributed by atoms with Crippen LogP contribution in [0.4, 0.5) is 4.79 Å². The normalized spacial score (nSPS) is 25.9. The number of carboxylic acid groups (broad SMARTS) is 1. The van der Waals surface area contributed by atoms with Crippen molar-refractivity contribution in [1.29, 1.82) is 0 Å². The number of carbonyl (C=O) groups is 2. The van der Waals surface area contributed by atoms with E-state index in [1.165, 1.54) is 5.01 Å². The summed E-state index contributed by atoms with van der Waals surface area (Å²) in [5.74, 6) is -0.383. The first kappa shape index (κ1) is 20.3. The molecular weight excluding hydrogens is 360 g/mol. The van der Waals surface area contributed by atoms with Crippen molar-refractivity contribution in [2.45, 2.75) is 51.2 Å². The van der Waals surface area contributed by atoms with Crippen molar-refractivity contribution in [2.24, 2.45) is 16.9 Å². The molecule has 0 radical (unpaired) electrons. The van der Waals surface area contributed by atoms with Crippen molar-refractivity contribution in [3.05, 3.63) is 35.4 Å². The molecule has 4 atom stereocenters. The Morgan fingerprint density at radius 3 is 2.68 bits per heavy atom. The number of aromatic carboxylic acids is 1. The summed E-state index contributed by atoms with van der Waals surface area (Å²) in [7, 11) is 1.60. The number of benzene rings is 1. The molecule has 2 aliphatic heterocycles. The van der Waals surface area contributed by atoms with Gasteiger partial charge in [-0.15, -0.1) is 0 Å². The number of rotatable bonds is 8. The Hall–Kier alpha value is -2.41. The number of carbonyl (C=O) groups excluding carboxylic acids is 1. The minimum atomic E-state index is -0.911. The number of carboxylic acids is 1. The van der Waals surface area contributed by atoms with E-state index < -0.39 is 12.1 Å². The number of fused-ring (bicyclic) bond motifs is 2. The van der Waals surface area contributed by atoms with E-state index in [9.17, 15) is 9.59 Å². The van der Waals surface area contributed by atoms with Crippen LogP contribution in [0.15, 0.2) is 29.4 Å². The van der Waals surface area contributed by atoms with Crippen LogP contribution in [0.25, 0.3) is 0 Å². The van der Waals surface area contributed by atoms with Crippen LogP contribution >= 0.6 is 0 Å². The molecule has 0 saturated carbocycles. The zero-order valence-corrected chi connectivity index (χ0v) is 16.4. The lowest BCUT2D eigenvalue weighted by Crippen LogP contribution is -2.30. The summed E-state index contributed by atoms with van der Waals surface area (Å²) in [6.45, 7) is 2.34. The first-order valence-electron chi connectivity index (χ1n) is 9.92. The van der Waals surface area contributed by atoms with Gasteiger partial charge in [0.1, 0.15) is 0 Å². The zero-order valence-electron chi connectivity index (χ0n) is 16.4. The SMILES string of the molecule is CCCOC(=O)N(C)N=C[C@H]1[C@H](CCc2ccc(C(=O)O)cc2)[C@H]2CC[C@@H]1O2. The Bertz CT molecular complexity index is 718. The second-order valence-corrected chi connectivity index (χ2v) is 7.47. The van der Waals surface area contributed by atoms with Gasteiger partial charge in [-0.25, -0.2) is 14.6 Å². The molecular formula is C21H28N2O5. The third-order valence-electron chi connectivity index (χ3n) is 5.56. The van der Waals surface area contributed by atoms with Crippen molar-refractivity contribution in [3.8, 4) is 0 Å². The lowest BCUT2D eigenvalue weighted by molar-refractivity contribution is 0.0696. The highest BCUT2D eigenvalue weighted by atomic mass is 16.6. The maximum atomic E-state index is 11.9. The molecule has 2 heterocycles. The average Bonchev–Trinajstić information content (AvgIpc) is 3.30. The molecule has 2 fully saturated rings. The third kappa shape index (κ3) is 4.70. The highest BCUT2D eigenvalue weighted by Crippen LogP contribution is 2.44. The topological polar surface area (TPSA) is 88.4 Å². The highest BCUT2D eigenvalue weighted by Gasteiger charge is 2.47. The van der Waals surface area contributed by atoms with Crippen LogP contribution in [0.1, 0.15) is 48.5 Å². The fourth-order valence-electron chi connectivity index (χ4n) is 4.05. The average molecular weight is 388 g/mol. The first-order valence-corrected chi connectivity index (χ1v) is 9.92. The Morgan fingerprint density at radius 1 is 1.29 bits per heavy atom. The lowest BCUT2D eigenvalue weighted by atomic mass is 9.77. The number of hydrogen-bond donors (Lipinski definition) is 1. The van der Waals surface area contributed by atoms with Gasteiger partial charge < -0.3 is 14.6 Å². The highest BCUT2D eigenvalue weighted by molar-refractivity contribution is 5.87. The molecule has 2 bridgehead atoms. The van der Waals surface area contributed by atoms with Gasteiger partial charge in [-0.2, -0.15) is 5.10 Å². The maximum Gasteiger partial charge on any atom is 0.430 e. The van der Waals surface area contributed by atoms with Gasteiger partial charge in [-0.1, -0.05) is 19.1 Å². The summed E-state index contributed by atoms with van der Waals surface area (Å²) in [6, 6.07) is 7.03. The van der Waals surface area contributed by atoms with Crippen molar-refractivity contribution in [2.75, 3.05) is 13.7 Å². The van der Waals surface area contributed by atoms with Crippen LogP contribution in [-0.4, -0.2) is 54.3 Å². The molecule has 7 nitrogen and oxygen atoms in total. The summed E-state index contributed by atoms with van der Waals surface area (Å²) in [6.07, 6.45) is 6.45. The van der Waals surface area contributed by atoms with E-state index in [2.05, 4.69) is 5.10 Å². The van der Waals surface area contributed by atoms with Gasteiger partial charge in [0.15, 0.2) is 0 Å². The summed E-state index contributed by atoms with van der Waals surface area (Å²) < 4.78 is 11.2. The van der Waals surface area contributed by atoms with Crippen molar-refractivity contribution < 1.29 is 24.2 Å². The fraction of sp³-hybridized carbons (Fsp3) is 0.571. The minimum Gasteiger partial charge on any atom is -0.478 e. The smallest absolute Gasteiger partial charge is 0.430 e. The van der Waals surface area contributed by atoms with Gasteiger partial charge in [0.05, 0.1) is 24.4 Å². The minimum absolute atomic E-state index is 0.160. The standard InChI is InChI=1S/C21H28N2O5/c1-3-12-27-21(26)23(2)22-13-17-16(18-10-11-19(17)28-18)9-6-14-4-7-15(8-5-14)20(24)25/h4-5,7-8,13,16-19H,3,6,9-12H2,1-2H3,(H,24,25)/t16-,17-,18+,19-/m0/s1. The molecule has 0 aromatic heterocycles. The van der Waals surface area contributed by atoms with Crippen LogP contribution in [0.3, 0.4) is 0 Å². The summed E-state index contributed by atoms with van der Waals surface area (Å²) in [5.41, 5.74) is 1.42. The van der Waals surface area contributed by atoms with Crippen molar-refractivity contribution in [1.82, 2.24) is 5.01 Å². The number of hydrazone groups is 1. The second-order valence-electron chi connectivity index (χ2n) is 7.47. The number of amides is 1. The molecule has 7 heteroatoms. The number of aryl methyl sites for hydroxylation is 1. The third-order valence-corrected chi connectivity index (χ3v) is 5.56. The van der Waals surface area contributed by atoms with Gasteiger partial charge in [0.25, 0.3) is 0 Å². The lowest BCUT2D eigenvalue weighted by Gasteiger charge is -2.25. The van der Waals surface area contributed by atoms with Gasteiger partial charge in [0.2, 0.25) is 0 Å². The largest absolute Gasteiger partial charge is 0.478 e. The molecule has 1 aromatic rings. The van der Waals surface area contributed by atoms with E-state index in [0.717, 1.165) is 37.7 Å². The number of nitrogens with zero attached hydrogens (tertiary/aromatic N) is 2. The Balaban J connectivity index is 1.59. The van der Waals surface area contributed by atoms with Crippen LogP contribution < -0.4 is 0 Å². The Morgan fingerprint density at radius 2 is 2.00 bits per heavy atom. The van der Waals surface area contributed by atoms with Crippen molar-refractivity contribution in [3.63, 3.8) is 0 Å². The summed E-state index contributed by atoms with van der Waals surface area (Å²) >= 11 is 0. The van der Waals surface area contributed by atoms with E-state index >= 15 is 0 Å². The van der Waals surface area contributed by atoms with E-state index in [-0.39, 0.29) is 18.1 Å². The fourth-order valence-corrected chi connectivity index (χ4v) is 4.05. The molecule has 2 aliphatic rings. The molecule has 0 unspecified atom stereocenters. The molecule has 1 aromatic carbocycles. The molecule has 1 N–H and O–H groups in total. The van der Waals surface area contributed by atoms with E-state index in [0.29, 0.717) is 18.1 Å². The van der Waals surface area contributed by atoms with Gasteiger partial charge in [-0.3, -0.25) is 0 Å². The van der Waals surface area contributed by atoms with Gasteiger partial charge in [0, 0.05) is 19.2 Å². The second kappa shape index (κ2) is 9.19. The van der Waals surface area contributed by atoms with Gasteiger partial charge >= 0.3 is 12.1 Å². The van der Waals surface area contributed by atoms with Gasteiger partial charge in [-0.05, 0) is 55.7 Å². The van der Waals surface area contributed by atoms with E-state index in [1.54, 1.807) is 19.2 Å². The predicted molar refractivity (Wildman–Crippen MR) is 104 cm³/mol. The summed E-state index contributed by atoms with van der Waals surface area (Å²) in [4.78, 5) is 22.8. The molecule has 28 heavy (non-hydrogen) atoms. The van der Waals surface area contributed by atoms with Crippen molar-refractivity contribution >= 4 is 18.3 Å².